The summed E-state index contributed by atoms with van der Waals surface area (Å²) in [6, 6.07) is 8.92. The van der Waals surface area contributed by atoms with Crippen LogP contribution in [0.15, 0.2) is 30.3 Å². The predicted molar refractivity (Wildman–Crippen MR) is 104 cm³/mol. The standard InChI is InChI=1S/C19H23ClN2O4/c1-12-9-16(18(26-4)11-14(12)20)22-19(23)7-8-21-15-10-13(24-2)5-6-17(15)25-3/h5-6,9-11,21H,7-8H2,1-4H3,(H,22,23). The Morgan fingerprint density at radius 3 is 2.38 bits per heavy atom. The van der Waals surface area contributed by atoms with Crippen LogP contribution in [-0.2, 0) is 4.79 Å². The zero-order chi connectivity index (χ0) is 19.1. The van der Waals surface area contributed by atoms with Gasteiger partial charge in [-0.2, -0.15) is 0 Å². The van der Waals surface area contributed by atoms with Crippen LogP contribution in [-0.4, -0.2) is 33.8 Å². The smallest absolute Gasteiger partial charge is 0.226 e. The normalized spacial score (nSPS) is 10.2. The molecule has 0 saturated carbocycles. The SMILES string of the molecule is COc1ccc(OC)c(NCCC(=O)Nc2cc(C)c(Cl)cc2OC)c1. The first-order valence-electron chi connectivity index (χ1n) is 8.08. The van der Waals surface area contributed by atoms with Crippen LogP contribution in [0.3, 0.4) is 0 Å². The highest BCUT2D eigenvalue weighted by atomic mass is 35.5. The first-order valence-corrected chi connectivity index (χ1v) is 8.46. The molecule has 2 rings (SSSR count). The van der Waals surface area contributed by atoms with Gasteiger partial charge in [0, 0.05) is 30.1 Å². The van der Waals surface area contributed by atoms with E-state index in [0.29, 0.717) is 34.5 Å². The van der Waals surface area contributed by atoms with Gasteiger partial charge < -0.3 is 24.8 Å². The zero-order valence-electron chi connectivity index (χ0n) is 15.3. The largest absolute Gasteiger partial charge is 0.497 e. The molecule has 0 heterocycles. The molecule has 0 aliphatic rings. The highest BCUT2D eigenvalue weighted by Crippen LogP contribution is 2.31. The minimum absolute atomic E-state index is 0.139. The molecule has 0 bridgehead atoms. The van der Waals surface area contributed by atoms with Crippen LogP contribution < -0.4 is 24.8 Å². The van der Waals surface area contributed by atoms with Crippen LogP contribution in [0.25, 0.3) is 0 Å². The highest BCUT2D eigenvalue weighted by Gasteiger charge is 2.11. The van der Waals surface area contributed by atoms with Gasteiger partial charge in [0.1, 0.15) is 17.2 Å². The van der Waals surface area contributed by atoms with E-state index < -0.39 is 0 Å². The molecule has 2 aromatic rings. The second-order valence-electron chi connectivity index (χ2n) is 5.59. The molecule has 2 aromatic carbocycles. The van der Waals surface area contributed by atoms with Crippen molar-refractivity contribution in [2.45, 2.75) is 13.3 Å². The molecule has 0 aliphatic carbocycles. The third kappa shape index (κ3) is 4.95. The summed E-state index contributed by atoms with van der Waals surface area (Å²) >= 11 is 6.08. The Morgan fingerprint density at radius 2 is 1.73 bits per heavy atom. The van der Waals surface area contributed by atoms with E-state index in [2.05, 4.69) is 10.6 Å². The average Bonchev–Trinajstić information content (AvgIpc) is 2.64. The molecule has 0 unspecified atom stereocenters. The summed E-state index contributed by atoms with van der Waals surface area (Å²) < 4.78 is 15.8. The van der Waals surface area contributed by atoms with Crippen molar-refractivity contribution in [1.82, 2.24) is 0 Å². The van der Waals surface area contributed by atoms with Gasteiger partial charge in [-0.25, -0.2) is 0 Å². The number of carbonyl (C=O) groups excluding carboxylic acids is 1. The van der Waals surface area contributed by atoms with Crippen molar-refractivity contribution in [2.24, 2.45) is 0 Å². The summed E-state index contributed by atoms with van der Waals surface area (Å²) in [5, 5.41) is 6.62. The summed E-state index contributed by atoms with van der Waals surface area (Å²) in [7, 11) is 4.72. The molecule has 0 aromatic heterocycles. The van der Waals surface area contributed by atoms with Crippen LogP contribution in [0.2, 0.25) is 5.02 Å². The van der Waals surface area contributed by atoms with Crippen LogP contribution in [0.4, 0.5) is 11.4 Å². The van der Waals surface area contributed by atoms with Crippen LogP contribution in [0.5, 0.6) is 17.2 Å². The lowest BCUT2D eigenvalue weighted by atomic mass is 10.2. The average molecular weight is 379 g/mol. The molecule has 0 radical (unpaired) electrons. The Labute approximate surface area is 158 Å². The third-order valence-electron chi connectivity index (χ3n) is 3.83. The van der Waals surface area contributed by atoms with Crippen molar-refractivity contribution in [3.8, 4) is 17.2 Å². The number of halogens is 1. The first-order chi connectivity index (χ1) is 12.5. The fourth-order valence-corrected chi connectivity index (χ4v) is 2.56. The topological polar surface area (TPSA) is 68.8 Å². The van der Waals surface area contributed by atoms with Gasteiger partial charge in [0.2, 0.25) is 5.91 Å². The number of nitrogens with one attached hydrogen (secondary N) is 2. The fourth-order valence-electron chi connectivity index (χ4n) is 2.41. The number of hydrogen-bond donors (Lipinski definition) is 2. The number of amides is 1. The van der Waals surface area contributed by atoms with E-state index in [1.165, 1.54) is 7.11 Å². The van der Waals surface area contributed by atoms with Gasteiger partial charge in [-0.15, -0.1) is 0 Å². The van der Waals surface area contributed by atoms with Crippen molar-refractivity contribution < 1.29 is 19.0 Å². The second kappa shape index (κ2) is 9.20. The summed E-state index contributed by atoms with van der Waals surface area (Å²) in [4.78, 5) is 12.2. The third-order valence-corrected chi connectivity index (χ3v) is 4.24. The predicted octanol–water partition coefficient (Wildman–Crippen LogP) is 4.11. The summed E-state index contributed by atoms with van der Waals surface area (Å²) in [6.07, 6.45) is 0.269. The molecular formula is C19H23ClN2O4. The van der Waals surface area contributed by atoms with Crippen molar-refractivity contribution in [3.63, 3.8) is 0 Å². The van der Waals surface area contributed by atoms with Gasteiger partial charge in [0.05, 0.1) is 32.7 Å². The lowest BCUT2D eigenvalue weighted by Crippen LogP contribution is -2.17. The minimum atomic E-state index is -0.139. The molecule has 7 heteroatoms. The maximum absolute atomic E-state index is 12.2. The van der Waals surface area contributed by atoms with Crippen LogP contribution >= 0.6 is 11.6 Å². The number of benzene rings is 2. The maximum Gasteiger partial charge on any atom is 0.226 e. The molecule has 0 fully saturated rings. The Morgan fingerprint density at radius 1 is 1.00 bits per heavy atom. The number of hydrogen-bond acceptors (Lipinski definition) is 5. The van der Waals surface area contributed by atoms with E-state index in [4.69, 9.17) is 25.8 Å². The first kappa shape index (κ1) is 19.7. The molecule has 0 aliphatic heterocycles. The molecule has 6 nitrogen and oxygen atoms in total. The Bertz CT molecular complexity index is 780. The Hall–Kier alpha value is -2.60. The molecule has 26 heavy (non-hydrogen) atoms. The summed E-state index contributed by atoms with van der Waals surface area (Å²) in [5.74, 6) is 1.77. The molecule has 2 N–H and O–H groups in total. The molecule has 0 atom stereocenters. The lowest BCUT2D eigenvalue weighted by Gasteiger charge is -2.14. The molecule has 140 valence electrons. The fraction of sp³-hybridized carbons (Fsp3) is 0.316. The monoisotopic (exact) mass is 378 g/mol. The highest BCUT2D eigenvalue weighted by molar-refractivity contribution is 6.31. The van der Waals surface area contributed by atoms with Gasteiger partial charge in [0.25, 0.3) is 0 Å². The quantitative estimate of drug-likeness (QED) is 0.723. The number of anilines is 2. The molecule has 0 saturated heterocycles. The van der Waals surface area contributed by atoms with E-state index in [0.717, 1.165) is 11.3 Å². The number of methoxy groups -OCH3 is 3. The summed E-state index contributed by atoms with van der Waals surface area (Å²) in [5.41, 5.74) is 2.22. The molecule has 1 amide bonds. The number of rotatable bonds is 8. The Kier molecular flexibility index (Phi) is 6.97. The summed E-state index contributed by atoms with van der Waals surface area (Å²) in [6.45, 7) is 2.30. The van der Waals surface area contributed by atoms with E-state index in [1.807, 2.05) is 25.1 Å². The van der Waals surface area contributed by atoms with Gasteiger partial charge in [-0.05, 0) is 30.7 Å². The lowest BCUT2D eigenvalue weighted by molar-refractivity contribution is -0.116. The van der Waals surface area contributed by atoms with Gasteiger partial charge in [-0.3, -0.25) is 4.79 Å². The van der Waals surface area contributed by atoms with E-state index in [9.17, 15) is 4.79 Å². The zero-order valence-corrected chi connectivity index (χ0v) is 16.1. The van der Waals surface area contributed by atoms with Crippen LogP contribution in [0, 0.1) is 6.92 Å². The number of aryl methyl sites for hydroxylation is 1. The number of ether oxygens (including phenoxy) is 3. The van der Waals surface area contributed by atoms with E-state index in [1.54, 1.807) is 26.4 Å². The van der Waals surface area contributed by atoms with Crippen LogP contribution in [0.1, 0.15) is 12.0 Å². The van der Waals surface area contributed by atoms with E-state index >= 15 is 0 Å². The van der Waals surface area contributed by atoms with Gasteiger partial charge in [-0.1, -0.05) is 11.6 Å². The molecule has 0 spiro atoms. The van der Waals surface area contributed by atoms with E-state index in [-0.39, 0.29) is 12.3 Å². The van der Waals surface area contributed by atoms with Crippen molar-refractivity contribution >= 4 is 28.9 Å². The van der Waals surface area contributed by atoms with Crippen molar-refractivity contribution in [1.29, 1.82) is 0 Å². The van der Waals surface area contributed by atoms with Crippen molar-refractivity contribution in [3.05, 3.63) is 40.9 Å². The van der Waals surface area contributed by atoms with Gasteiger partial charge >= 0.3 is 0 Å². The Balaban J connectivity index is 1.97. The minimum Gasteiger partial charge on any atom is -0.497 e. The van der Waals surface area contributed by atoms with Crippen molar-refractivity contribution in [2.75, 3.05) is 38.5 Å². The maximum atomic E-state index is 12.2. The molecular weight excluding hydrogens is 356 g/mol. The second-order valence-corrected chi connectivity index (χ2v) is 6.00. The number of carbonyl (C=O) groups is 1. The van der Waals surface area contributed by atoms with Gasteiger partial charge in [0.15, 0.2) is 0 Å².